The number of ether oxygens (including phenoxy) is 1. The zero-order valence-electron chi connectivity index (χ0n) is 19.8. The number of anilines is 1. The highest BCUT2D eigenvalue weighted by Gasteiger charge is 2.25. The van der Waals surface area contributed by atoms with Gasteiger partial charge in [-0.15, -0.1) is 11.3 Å². The highest BCUT2D eigenvalue weighted by Crippen LogP contribution is 2.41. The largest absolute Gasteiger partial charge is 0.487 e. The van der Waals surface area contributed by atoms with E-state index in [1.54, 1.807) is 17.6 Å². The number of benzene rings is 3. The molecular weight excluding hydrogens is 680 g/mol. The standard InChI is InChI=1S/C29H23Br3N2O2S/c30-20-12-10-18(11-13-20)17-36-27-19(14-21(31)15-24(27)32)16-33-29-26(23-8-4-5-9-25(23)37-29)28(35)34-22-6-2-1-3-7-22/h1-3,6-7,10-16H,4-5,8-9,17H2,(H,34,35). The number of halogens is 3. The minimum atomic E-state index is -0.111. The number of hydrogen-bond acceptors (Lipinski definition) is 4. The van der Waals surface area contributed by atoms with Gasteiger partial charge >= 0.3 is 0 Å². The summed E-state index contributed by atoms with van der Waals surface area (Å²) in [5, 5.41) is 3.79. The lowest BCUT2D eigenvalue weighted by atomic mass is 9.95. The first-order chi connectivity index (χ1) is 18.0. The fourth-order valence-corrected chi connectivity index (χ4v) is 7.15. The minimum Gasteiger partial charge on any atom is -0.487 e. The quantitative estimate of drug-likeness (QED) is 0.195. The van der Waals surface area contributed by atoms with Crippen LogP contribution in [0.2, 0.25) is 0 Å². The Bertz CT molecular complexity index is 1450. The molecule has 0 saturated heterocycles. The van der Waals surface area contributed by atoms with Gasteiger partial charge in [-0.3, -0.25) is 4.79 Å². The van der Waals surface area contributed by atoms with Crippen molar-refractivity contribution in [3.05, 3.63) is 107 Å². The Morgan fingerprint density at radius 2 is 1.73 bits per heavy atom. The Labute approximate surface area is 245 Å². The van der Waals surface area contributed by atoms with Crippen LogP contribution < -0.4 is 10.1 Å². The molecule has 0 radical (unpaired) electrons. The third kappa shape index (κ3) is 6.42. The molecule has 1 N–H and O–H groups in total. The van der Waals surface area contributed by atoms with E-state index in [0.717, 1.165) is 66.5 Å². The van der Waals surface area contributed by atoms with E-state index in [-0.39, 0.29) is 5.91 Å². The number of carbonyl (C=O) groups excluding carboxylic acids is 1. The van der Waals surface area contributed by atoms with Crippen molar-refractivity contribution >= 4 is 81.9 Å². The summed E-state index contributed by atoms with van der Waals surface area (Å²) in [6, 6.07) is 21.5. The number of thiophene rings is 1. The average Bonchev–Trinajstić information content (AvgIpc) is 3.27. The highest BCUT2D eigenvalue weighted by molar-refractivity contribution is 9.11. The van der Waals surface area contributed by atoms with E-state index in [0.29, 0.717) is 17.9 Å². The highest BCUT2D eigenvalue weighted by atomic mass is 79.9. The third-order valence-corrected chi connectivity index (χ3v) is 8.84. The maximum atomic E-state index is 13.4. The fourth-order valence-electron chi connectivity index (χ4n) is 4.28. The Balaban J connectivity index is 1.46. The smallest absolute Gasteiger partial charge is 0.259 e. The Morgan fingerprint density at radius 1 is 0.973 bits per heavy atom. The number of nitrogens with zero attached hydrogens (tertiary/aromatic N) is 1. The van der Waals surface area contributed by atoms with Crippen molar-refractivity contribution in [3.63, 3.8) is 0 Å². The molecule has 0 spiro atoms. The average molecular weight is 703 g/mol. The first kappa shape index (κ1) is 26.4. The van der Waals surface area contributed by atoms with E-state index in [1.807, 2.05) is 66.7 Å². The molecule has 4 nitrogen and oxygen atoms in total. The zero-order valence-corrected chi connectivity index (χ0v) is 25.3. The van der Waals surface area contributed by atoms with Crippen LogP contribution in [0, 0.1) is 0 Å². The van der Waals surface area contributed by atoms with Gasteiger partial charge in [-0.05, 0) is 89.1 Å². The van der Waals surface area contributed by atoms with Crippen LogP contribution in [0.3, 0.4) is 0 Å². The Kier molecular flexibility index (Phi) is 8.60. The van der Waals surface area contributed by atoms with Crippen LogP contribution in [-0.2, 0) is 19.4 Å². The monoisotopic (exact) mass is 700 g/mol. The molecule has 1 aliphatic carbocycles. The van der Waals surface area contributed by atoms with Gasteiger partial charge in [-0.25, -0.2) is 4.99 Å². The van der Waals surface area contributed by atoms with Crippen LogP contribution in [0.4, 0.5) is 10.7 Å². The van der Waals surface area contributed by atoms with E-state index in [4.69, 9.17) is 9.73 Å². The number of nitrogens with one attached hydrogen (secondary N) is 1. The van der Waals surface area contributed by atoms with E-state index in [1.165, 1.54) is 4.88 Å². The van der Waals surface area contributed by atoms with Crippen molar-refractivity contribution in [2.45, 2.75) is 32.3 Å². The first-order valence-electron chi connectivity index (χ1n) is 11.9. The maximum Gasteiger partial charge on any atom is 0.259 e. The predicted octanol–water partition coefficient (Wildman–Crippen LogP) is 9.50. The van der Waals surface area contributed by atoms with Crippen LogP contribution >= 0.6 is 59.1 Å². The van der Waals surface area contributed by atoms with Crippen molar-refractivity contribution in [1.82, 2.24) is 0 Å². The lowest BCUT2D eigenvalue weighted by molar-refractivity contribution is 0.102. The van der Waals surface area contributed by atoms with Crippen LogP contribution in [-0.4, -0.2) is 12.1 Å². The second kappa shape index (κ2) is 12.1. The van der Waals surface area contributed by atoms with E-state index in [2.05, 4.69) is 53.1 Å². The number of fused-ring (bicyclic) bond motifs is 1. The van der Waals surface area contributed by atoms with Crippen molar-refractivity contribution in [3.8, 4) is 5.75 Å². The number of rotatable bonds is 7. The van der Waals surface area contributed by atoms with Crippen molar-refractivity contribution in [2.24, 2.45) is 4.99 Å². The van der Waals surface area contributed by atoms with Gasteiger partial charge in [-0.1, -0.05) is 62.2 Å². The fraction of sp³-hybridized carbons (Fsp3) is 0.172. The predicted molar refractivity (Wildman–Crippen MR) is 163 cm³/mol. The number of amides is 1. The molecule has 1 amide bonds. The second-order valence-electron chi connectivity index (χ2n) is 8.69. The van der Waals surface area contributed by atoms with Gasteiger partial charge in [0, 0.05) is 31.3 Å². The molecule has 1 heterocycles. The van der Waals surface area contributed by atoms with Crippen LogP contribution in [0.15, 0.2) is 85.1 Å². The van der Waals surface area contributed by atoms with Crippen molar-refractivity contribution in [1.29, 1.82) is 0 Å². The molecule has 1 aromatic heterocycles. The molecule has 0 saturated carbocycles. The van der Waals surface area contributed by atoms with Crippen LogP contribution in [0.5, 0.6) is 5.75 Å². The summed E-state index contributed by atoms with van der Waals surface area (Å²) >= 11 is 12.3. The molecule has 4 aromatic rings. The SMILES string of the molecule is O=C(Nc1ccccc1)c1c(N=Cc2cc(Br)cc(Br)c2OCc2ccc(Br)cc2)sc2c1CCCC2. The van der Waals surface area contributed by atoms with Gasteiger partial charge in [0.1, 0.15) is 17.4 Å². The second-order valence-corrected chi connectivity index (χ2v) is 12.5. The molecule has 8 heteroatoms. The summed E-state index contributed by atoms with van der Waals surface area (Å²) in [4.78, 5) is 19.5. The normalized spacial score (nSPS) is 12.9. The first-order valence-corrected chi connectivity index (χ1v) is 15.1. The van der Waals surface area contributed by atoms with Crippen LogP contribution in [0.25, 0.3) is 0 Å². The van der Waals surface area contributed by atoms with Crippen LogP contribution in [0.1, 0.15) is 44.8 Å². The summed E-state index contributed by atoms with van der Waals surface area (Å²) in [5.74, 6) is 0.589. The molecular formula is C29H23Br3N2O2S. The molecule has 37 heavy (non-hydrogen) atoms. The Morgan fingerprint density at radius 3 is 2.51 bits per heavy atom. The lowest BCUT2D eigenvalue weighted by Gasteiger charge is -2.13. The van der Waals surface area contributed by atoms with E-state index in [9.17, 15) is 4.79 Å². The summed E-state index contributed by atoms with van der Waals surface area (Å²) in [5.41, 5.74) is 4.48. The molecule has 0 aliphatic heterocycles. The van der Waals surface area contributed by atoms with Gasteiger partial charge in [0.05, 0.1) is 10.0 Å². The summed E-state index contributed by atoms with van der Waals surface area (Å²) in [6.07, 6.45) is 5.92. The molecule has 0 bridgehead atoms. The van der Waals surface area contributed by atoms with Crippen molar-refractivity contribution in [2.75, 3.05) is 5.32 Å². The summed E-state index contributed by atoms with van der Waals surface area (Å²) < 4.78 is 8.99. The topological polar surface area (TPSA) is 50.7 Å². The lowest BCUT2D eigenvalue weighted by Crippen LogP contribution is -2.14. The maximum absolute atomic E-state index is 13.4. The molecule has 0 fully saturated rings. The van der Waals surface area contributed by atoms with E-state index >= 15 is 0 Å². The number of aliphatic imine (C=N–C) groups is 1. The minimum absolute atomic E-state index is 0.111. The third-order valence-electron chi connectivity index (χ3n) is 6.07. The Hall–Kier alpha value is -2.26. The molecule has 5 rings (SSSR count). The number of hydrogen-bond donors (Lipinski definition) is 1. The van der Waals surface area contributed by atoms with Gasteiger partial charge < -0.3 is 10.1 Å². The van der Waals surface area contributed by atoms with Gasteiger partial charge in [-0.2, -0.15) is 0 Å². The van der Waals surface area contributed by atoms with Crippen molar-refractivity contribution < 1.29 is 9.53 Å². The van der Waals surface area contributed by atoms with Gasteiger partial charge in [0.2, 0.25) is 0 Å². The number of carbonyl (C=O) groups is 1. The molecule has 3 aromatic carbocycles. The molecule has 0 atom stereocenters. The van der Waals surface area contributed by atoms with Gasteiger partial charge in [0.15, 0.2) is 0 Å². The molecule has 188 valence electrons. The van der Waals surface area contributed by atoms with Gasteiger partial charge in [0.25, 0.3) is 5.91 Å². The zero-order chi connectivity index (χ0) is 25.8. The van der Waals surface area contributed by atoms with E-state index < -0.39 is 0 Å². The number of para-hydroxylation sites is 1. The number of aryl methyl sites for hydroxylation is 1. The summed E-state index contributed by atoms with van der Waals surface area (Å²) in [6.45, 7) is 0.423. The summed E-state index contributed by atoms with van der Waals surface area (Å²) in [7, 11) is 0. The molecule has 1 aliphatic rings. The molecule has 0 unspecified atom stereocenters.